The van der Waals surface area contributed by atoms with Gasteiger partial charge in [-0.1, -0.05) is 6.92 Å². The lowest BCUT2D eigenvalue weighted by molar-refractivity contribution is -0.139. The highest BCUT2D eigenvalue weighted by Crippen LogP contribution is 1.90. The van der Waals surface area contributed by atoms with Gasteiger partial charge in [0.2, 0.25) is 0 Å². The maximum absolute atomic E-state index is 11.0. The van der Waals surface area contributed by atoms with Crippen LogP contribution < -0.4 is 10.6 Å². The van der Waals surface area contributed by atoms with Gasteiger partial charge in [-0.2, -0.15) is 0 Å². The molecule has 0 saturated carbocycles. The van der Waals surface area contributed by atoms with E-state index in [2.05, 4.69) is 10.6 Å². The topological polar surface area (TPSA) is 78.4 Å². The molecule has 0 aromatic heterocycles. The number of rotatable bonds is 4. The molecule has 13 heavy (non-hydrogen) atoms. The fourth-order valence-corrected chi connectivity index (χ4v) is 0.801. The van der Waals surface area contributed by atoms with Crippen LogP contribution >= 0.6 is 0 Å². The first kappa shape index (κ1) is 11.7. The third kappa shape index (κ3) is 5.05. The monoisotopic (exact) mass is 188 g/mol. The van der Waals surface area contributed by atoms with Crippen molar-refractivity contribution in [2.24, 2.45) is 0 Å². The van der Waals surface area contributed by atoms with E-state index < -0.39 is 18.0 Å². The molecule has 0 aromatic carbocycles. The van der Waals surface area contributed by atoms with Crippen LogP contribution in [-0.2, 0) is 4.79 Å². The Labute approximate surface area is 77.5 Å². The fraction of sp³-hybridized carbons (Fsp3) is 0.750. The van der Waals surface area contributed by atoms with Gasteiger partial charge in [-0.05, 0) is 20.3 Å². The second-order valence-corrected chi connectivity index (χ2v) is 3.07. The van der Waals surface area contributed by atoms with Crippen molar-refractivity contribution in [2.45, 2.75) is 39.3 Å². The smallest absolute Gasteiger partial charge is 0.326 e. The molecule has 0 radical (unpaired) electrons. The van der Waals surface area contributed by atoms with Crippen LogP contribution in [-0.4, -0.2) is 29.2 Å². The first-order valence-corrected chi connectivity index (χ1v) is 4.27. The molecule has 0 bridgehead atoms. The van der Waals surface area contributed by atoms with Crippen molar-refractivity contribution in [3.63, 3.8) is 0 Å². The van der Waals surface area contributed by atoms with E-state index in [9.17, 15) is 9.59 Å². The zero-order valence-corrected chi connectivity index (χ0v) is 8.13. The average molecular weight is 188 g/mol. The van der Waals surface area contributed by atoms with Crippen molar-refractivity contribution < 1.29 is 14.7 Å². The second-order valence-electron chi connectivity index (χ2n) is 3.07. The van der Waals surface area contributed by atoms with Gasteiger partial charge in [0, 0.05) is 6.04 Å². The summed E-state index contributed by atoms with van der Waals surface area (Å²) in [6.07, 6.45) is 0.376. The summed E-state index contributed by atoms with van der Waals surface area (Å²) in [6, 6.07) is -1.24. The molecule has 0 unspecified atom stereocenters. The summed E-state index contributed by atoms with van der Waals surface area (Å²) in [5.41, 5.74) is 0. The Balaban J connectivity index is 3.94. The van der Waals surface area contributed by atoms with E-state index in [1.54, 1.807) is 20.8 Å². The molecule has 76 valence electrons. The van der Waals surface area contributed by atoms with Crippen LogP contribution in [0, 0.1) is 0 Å². The Morgan fingerprint density at radius 2 is 1.85 bits per heavy atom. The molecule has 0 saturated heterocycles. The van der Waals surface area contributed by atoms with Crippen LogP contribution in [0.3, 0.4) is 0 Å². The van der Waals surface area contributed by atoms with Crippen molar-refractivity contribution in [2.75, 3.05) is 0 Å². The second kappa shape index (κ2) is 5.40. The standard InChI is InChI=1S/C8H16N2O3/c1-4-6(7(11)12)10-8(13)9-5(2)3/h5-6H,4H2,1-3H3,(H,11,12)(H2,9,10,13)/t6-/m1/s1. The van der Waals surface area contributed by atoms with Gasteiger partial charge in [0.05, 0.1) is 0 Å². The molecule has 0 fully saturated rings. The molecule has 5 heteroatoms. The quantitative estimate of drug-likeness (QED) is 0.603. The van der Waals surface area contributed by atoms with Crippen molar-refractivity contribution in [1.82, 2.24) is 10.6 Å². The maximum Gasteiger partial charge on any atom is 0.326 e. The molecular formula is C8H16N2O3. The van der Waals surface area contributed by atoms with E-state index in [0.29, 0.717) is 6.42 Å². The summed E-state index contributed by atoms with van der Waals surface area (Å²) >= 11 is 0. The summed E-state index contributed by atoms with van der Waals surface area (Å²) in [7, 11) is 0. The zero-order valence-electron chi connectivity index (χ0n) is 8.13. The molecule has 0 spiro atoms. The maximum atomic E-state index is 11.0. The fourth-order valence-electron chi connectivity index (χ4n) is 0.801. The first-order chi connectivity index (χ1) is 5.97. The number of nitrogens with one attached hydrogen (secondary N) is 2. The lowest BCUT2D eigenvalue weighted by Gasteiger charge is -2.14. The van der Waals surface area contributed by atoms with E-state index in [1.165, 1.54) is 0 Å². The lowest BCUT2D eigenvalue weighted by atomic mass is 10.2. The van der Waals surface area contributed by atoms with Crippen LogP contribution in [0.25, 0.3) is 0 Å². The van der Waals surface area contributed by atoms with E-state index in [-0.39, 0.29) is 6.04 Å². The van der Waals surface area contributed by atoms with E-state index >= 15 is 0 Å². The Morgan fingerprint density at radius 1 is 1.31 bits per heavy atom. The minimum atomic E-state index is -1.01. The summed E-state index contributed by atoms with van der Waals surface area (Å²) in [5.74, 6) is -1.01. The largest absolute Gasteiger partial charge is 0.480 e. The van der Waals surface area contributed by atoms with Gasteiger partial charge in [-0.15, -0.1) is 0 Å². The van der Waals surface area contributed by atoms with Crippen LogP contribution in [0.5, 0.6) is 0 Å². The molecule has 0 aliphatic heterocycles. The van der Waals surface area contributed by atoms with E-state index in [4.69, 9.17) is 5.11 Å². The first-order valence-electron chi connectivity index (χ1n) is 4.27. The molecule has 0 aromatic rings. The number of hydrogen-bond donors (Lipinski definition) is 3. The lowest BCUT2D eigenvalue weighted by Crippen LogP contribution is -2.47. The SMILES string of the molecule is CC[C@@H](NC(=O)NC(C)C)C(=O)O. The van der Waals surface area contributed by atoms with Gasteiger partial charge in [0.1, 0.15) is 6.04 Å². The van der Waals surface area contributed by atoms with Crippen LogP contribution in [0.2, 0.25) is 0 Å². The van der Waals surface area contributed by atoms with E-state index in [0.717, 1.165) is 0 Å². The zero-order chi connectivity index (χ0) is 10.4. The molecule has 2 amide bonds. The minimum absolute atomic E-state index is 0.00583. The van der Waals surface area contributed by atoms with Gasteiger partial charge < -0.3 is 15.7 Å². The number of urea groups is 1. The number of hydrogen-bond acceptors (Lipinski definition) is 2. The molecule has 0 heterocycles. The van der Waals surface area contributed by atoms with E-state index in [1.807, 2.05) is 0 Å². The van der Waals surface area contributed by atoms with Crippen LogP contribution in [0.1, 0.15) is 27.2 Å². The Hall–Kier alpha value is -1.26. The van der Waals surface area contributed by atoms with Crippen molar-refractivity contribution in [3.8, 4) is 0 Å². The highest BCUT2D eigenvalue weighted by atomic mass is 16.4. The van der Waals surface area contributed by atoms with Crippen LogP contribution in [0.15, 0.2) is 0 Å². The highest BCUT2D eigenvalue weighted by Gasteiger charge is 2.17. The Bertz CT molecular complexity index is 192. The molecule has 1 atom stereocenters. The summed E-state index contributed by atoms with van der Waals surface area (Å²) in [5, 5.41) is 13.5. The normalized spacial score (nSPS) is 12.3. The van der Waals surface area contributed by atoms with Gasteiger partial charge in [0.15, 0.2) is 0 Å². The molecule has 0 aliphatic carbocycles. The van der Waals surface area contributed by atoms with Crippen LogP contribution in [0.4, 0.5) is 4.79 Å². The molecule has 0 aliphatic rings. The predicted molar refractivity (Wildman–Crippen MR) is 48.5 cm³/mol. The summed E-state index contributed by atoms with van der Waals surface area (Å²) in [4.78, 5) is 21.6. The summed E-state index contributed by atoms with van der Waals surface area (Å²) < 4.78 is 0. The van der Waals surface area contributed by atoms with Gasteiger partial charge >= 0.3 is 12.0 Å². The predicted octanol–water partition coefficient (Wildman–Crippen LogP) is 0.557. The number of carbonyl (C=O) groups excluding carboxylic acids is 1. The van der Waals surface area contributed by atoms with Crippen molar-refractivity contribution >= 4 is 12.0 Å². The number of aliphatic carboxylic acids is 1. The number of carboxylic acids is 1. The van der Waals surface area contributed by atoms with Crippen molar-refractivity contribution in [1.29, 1.82) is 0 Å². The minimum Gasteiger partial charge on any atom is -0.480 e. The molecular weight excluding hydrogens is 172 g/mol. The van der Waals surface area contributed by atoms with Gasteiger partial charge in [-0.3, -0.25) is 0 Å². The molecule has 0 rings (SSSR count). The van der Waals surface area contributed by atoms with Crippen molar-refractivity contribution in [3.05, 3.63) is 0 Å². The number of amides is 2. The average Bonchev–Trinajstić information content (AvgIpc) is 1.98. The third-order valence-electron chi connectivity index (χ3n) is 1.43. The molecule has 3 N–H and O–H groups in total. The van der Waals surface area contributed by atoms with Gasteiger partial charge in [0.25, 0.3) is 0 Å². The Kier molecular flexibility index (Phi) is 4.87. The molecule has 5 nitrogen and oxygen atoms in total. The third-order valence-corrected chi connectivity index (χ3v) is 1.43. The highest BCUT2D eigenvalue weighted by molar-refractivity contribution is 5.82. The van der Waals surface area contributed by atoms with Gasteiger partial charge in [-0.25, -0.2) is 9.59 Å². The number of carboxylic acid groups (broad SMARTS) is 1. The summed E-state index contributed by atoms with van der Waals surface area (Å²) in [6.45, 7) is 5.32. The Morgan fingerprint density at radius 3 is 2.15 bits per heavy atom. The number of carbonyl (C=O) groups is 2.